The Morgan fingerprint density at radius 2 is 1.73 bits per heavy atom. The minimum atomic E-state index is -1.28. The molecule has 2 atom stereocenters. The summed E-state index contributed by atoms with van der Waals surface area (Å²) in [5.74, 6) is -0.476. The summed E-state index contributed by atoms with van der Waals surface area (Å²) in [6, 6.07) is 8.19. The average molecular weight is 365 g/mol. The third kappa shape index (κ3) is 8.91. The summed E-state index contributed by atoms with van der Waals surface area (Å²) < 4.78 is 5.26. The Bertz CT molecular complexity index is 613. The van der Waals surface area contributed by atoms with Gasteiger partial charge in [0.2, 0.25) is 5.91 Å². The first-order chi connectivity index (χ1) is 12.1. The number of benzene rings is 1. The molecule has 3 amide bonds. The van der Waals surface area contributed by atoms with Crippen LogP contribution >= 0.6 is 0 Å². The molecule has 4 N–H and O–H groups in total. The maximum atomic E-state index is 12.0. The fourth-order valence-electron chi connectivity index (χ4n) is 2.17. The molecule has 0 unspecified atom stereocenters. The van der Waals surface area contributed by atoms with Gasteiger partial charge >= 0.3 is 12.2 Å². The fourth-order valence-corrected chi connectivity index (χ4v) is 2.17. The number of nitrogens with one attached hydrogen (secondary N) is 3. The van der Waals surface area contributed by atoms with E-state index < -0.39 is 35.8 Å². The number of carbonyl (C=O) groups excluding carboxylic acids is 2. The third-order valence-electron chi connectivity index (χ3n) is 3.30. The Hall–Kier alpha value is -2.77. The highest BCUT2D eigenvalue weighted by Crippen LogP contribution is 2.08. The fraction of sp³-hybridized carbons (Fsp3) is 0.500. The highest BCUT2D eigenvalue weighted by Gasteiger charge is 2.21. The van der Waals surface area contributed by atoms with Crippen LogP contribution in [0.2, 0.25) is 0 Å². The van der Waals surface area contributed by atoms with E-state index in [-0.39, 0.29) is 6.54 Å². The first kappa shape index (κ1) is 21.3. The summed E-state index contributed by atoms with van der Waals surface area (Å²) in [7, 11) is 0. The molecule has 8 nitrogen and oxygen atoms in total. The second-order valence-corrected chi connectivity index (χ2v) is 6.95. The van der Waals surface area contributed by atoms with Crippen LogP contribution in [-0.2, 0) is 16.0 Å². The van der Waals surface area contributed by atoms with Gasteiger partial charge in [0.05, 0.1) is 6.04 Å². The number of rotatable bonds is 7. The predicted octanol–water partition coefficient (Wildman–Crippen LogP) is 1.89. The van der Waals surface area contributed by atoms with E-state index in [2.05, 4.69) is 16.0 Å². The molecule has 144 valence electrons. The van der Waals surface area contributed by atoms with E-state index in [0.29, 0.717) is 6.42 Å². The summed E-state index contributed by atoms with van der Waals surface area (Å²) in [6.07, 6.45) is -1.37. The topological polar surface area (TPSA) is 117 Å². The van der Waals surface area contributed by atoms with Crippen LogP contribution in [0.3, 0.4) is 0 Å². The van der Waals surface area contributed by atoms with Crippen molar-refractivity contribution >= 4 is 18.1 Å². The molecular weight excluding hydrogens is 338 g/mol. The standard InChI is InChI=1S/C18H27N3O5/c1-12(20-16(23)24)15(22)19-11-14(10-13-8-6-5-7-9-13)21-17(25)26-18(2,3)4/h5-9,12,14,20H,10-11H2,1-4H3,(H,19,22)(H,21,25)(H,23,24)/t12-,14-/m1/s1. The second-order valence-electron chi connectivity index (χ2n) is 6.95. The van der Waals surface area contributed by atoms with Crippen LogP contribution < -0.4 is 16.0 Å². The summed E-state index contributed by atoms with van der Waals surface area (Å²) >= 11 is 0. The lowest BCUT2D eigenvalue weighted by molar-refractivity contribution is -0.122. The van der Waals surface area contributed by atoms with Crippen LogP contribution in [-0.4, -0.2) is 47.4 Å². The van der Waals surface area contributed by atoms with Gasteiger partial charge < -0.3 is 25.8 Å². The van der Waals surface area contributed by atoms with Crippen molar-refractivity contribution in [1.82, 2.24) is 16.0 Å². The molecule has 0 aliphatic rings. The number of hydrogen-bond donors (Lipinski definition) is 4. The molecule has 0 aromatic heterocycles. The van der Waals surface area contributed by atoms with Crippen LogP contribution in [0.4, 0.5) is 9.59 Å². The van der Waals surface area contributed by atoms with Crippen molar-refractivity contribution < 1.29 is 24.2 Å². The molecule has 0 spiro atoms. The van der Waals surface area contributed by atoms with Gasteiger partial charge in [0, 0.05) is 6.54 Å². The van der Waals surface area contributed by atoms with Gasteiger partial charge in [-0.3, -0.25) is 4.79 Å². The first-order valence-corrected chi connectivity index (χ1v) is 8.37. The molecule has 0 aliphatic carbocycles. The van der Waals surface area contributed by atoms with Gasteiger partial charge in [0.25, 0.3) is 0 Å². The van der Waals surface area contributed by atoms with E-state index >= 15 is 0 Å². The van der Waals surface area contributed by atoms with Gasteiger partial charge in [-0.25, -0.2) is 9.59 Å². The van der Waals surface area contributed by atoms with Crippen LogP contribution in [0, 0.1) is 0 Å². The number of carbonyl (C=O) groups is 3. The minimum Gasteiger partial charge on any atom is -0.465 e. The molecule has 0 saturated carbocycles. The predicted molar refractivity (Wildman–Crippen MR) is 96.9 cm³/mol. The number of alkyl carbamates (subject to hydrolysis) is 1. The maximum absolute atomic E-state index is 12.0. The third-order valence-corrected chi connectivity index (χ3v) is 3.30. The van der Waals surface area contributed by atoms with E-state index in [0.717, 1.165) is 5.56 Å². The van der Waals surface area contributed by atoms with E-state index in [4.69, 9.17) is 9.84 Å². The molecule has 8 heteroatoms. The summed E-state index contributed by atoms with van der Waals surface area (Å²) in [5.41, 5.74) is 0.351. The molecule has 1 aromatic rings. The van der Waals surface area contributed by atoms with Crippen molar-refractivity contribution in [2.45, 2.75) is 51.8 Å². The normalized spacial score (nSPS) is 13.2. The highest BCUT2D eigenvalue weighted by molar-refractivity contribution is 5.84. The Morgan fingerprint density at radius 3 is 2.27 bits per heavy atom. The van der Waals surface area contributed by atoms with E-state index in [9.17, 15) is 14.4 Å². The van der Waals surface area contributed by atoms with Crippen LogP contribution in [0.25, 0.3) is 0 Å². The molecular formula is C18H27N3O5. The molecule has 1 aromatic carbocycles. The van der Waals surface area contributed by atoms with E-state index in [1.807, 2.05) is 30.3 Å². The number of carboxylic acid groups (broad SMARTS) is 1. The second kappa shape index (κ2) is 9.65. The Balaban J connectivity index is 2.69. The molecule has 0 heterocycles. The maximum Gasteiger partial charge on any atom is 0.407 e. The van der Waals surface area contributed by atoms with Crippen molar-refractivity contribution in [1.29, 1.82) is 0 Å². The van der Waals surface area contributed by atoms with Gasteiger partial charge in [-0.1, -0.05) is 30.3 Å². The van der Waals surface area contributed by atoms with Crippen LogP contribution in [0.1, 0.15) is 33.3 Å². The lowest BCUT2D eigenvalue weighted by atomic mass is 10.1. The van der Waals surface area contributed by atoms with Crippen LogP contribution in [0.15, 0.2) is 30.3 Å². The zero-order chi connectivity index (χ0) is 19.7. The zero-order valence-corrected chi connectivity index (χ0v) is 15.5. The van der Waals surface area contributed by atoms with Crippen molar-refractivity contribution in [3.8, 4) is 0 Å². The summed E-state index contributed by atoms with van der Waals surface area (Å²) in [5, 5.41) is 16.1. The van der Waals surface area contributed by atoms with Crippen molar-refractivity contribution in [2.75, 3.05) is 6.54 Å². The molecule has 0 radical (unpaired) electrons. The monoisotopic (exact) mass is 365 g/mol. The van der Waals surface area contributed by atoms with Gasteiger partial charge in [-0.05, 0) is 39.7 Å². The highest BCUT2D eigenvalue weighted by atomic mass is 16.6. The molecule has 26 heavy (non-hydrogen) atoms. The molecule has 0 bridgehead atoms. The van der Waals surface area contributed by atoms with Crippen molar-refractivity contribution in [3.63, 3.8) is 0 Å². The molecule has 1 rings (SSSR count). The largest absolute Gasteiger partial charge is 0.465 e. The Morgan fingerprint density at radius 1 is 1.12 bits per heavy atom. The SMILES string of the molecule is C[C@@H](NC(=O)O)C(=O)NC[C@@H](Cc1ccccc1)NC(=O)OC(C)(C)C. The number of ether oxygens (including phenoxy) is 1. The Kier molecular flexibility index (Phi) is 7.89. The Labute approximate surface area is 153 Å². The van der Waals surface area contributed by atoms with Gasteiger partial charge in [-0.2, -0.15) is 0 Å². The quantitative estimate of drug-likeness (QED) is 0.589. The number of hydrogen-bond acceptors (Lipinski definition) is 4. The van der Waals surface area contributed by atoms with E-state index in [1.165, 1.54) is 6.92 Å². The van der Waals surface area contributed by atoms with Crippen molar-refractivity contribution in [3.05, 3.63) is 35.9 Å². The minimum absolute atomic E-state index is 0.138. The molecule has 0 aliphatic heterocycles. The average Bonchev–Trinajstić information content (AvgIpc) is 2.50. The molecule has 0 saturated heterocycles. The number of amides is 3. The van der Waals surface area contributed by atoms with Gasteiger partial charge in [0.15, 0.2) is 0 Å². The lowest BCUT2D eigenvalue weighted by Gasteiger charge is -2.24. The zero-order valence-electron chi connectivity index (χ0n) is 15.5. The summed E-state index contributed by atoms with van der Waals surface area (Å²) in [4.78, 5) is 34.6. The van der Waals surface area contributed by atoms with Gasteiger partial charge in [0.1, 0.15) is 11.6 Å². The van der Waals surface area contributed by atoms with Gasteiger partial charge in [-0.15, -0.1) is 0 Å². The first-order valence-electron chi connectivity index (χ1n) is 8.37. The smallest absolute Gasteiger partial charge is 0.407 e. The summed E-state index contributed by atoms with van der Waals surface area (Å²) in [6.45, 7) is 6.87. The molecule has 0 fully saturated rings. The lowest BCUT2D eigenvalue weighted by Crippen LogP contribution is -2.50. The van der Waals surface area contributed by atoms with Crippen molar-refractivity contribution in [2.24, 2.45) is 0 Å². The van der Waals surface area contributed by atoms with Crippen LogP contribution in [0.5, 0.6) is 0 Å². The van der Waals surface area contributed by atoms with E-state index in [1.54, 1.807) is 20.8 Å².